The fourth-order valence-corrected chi connectivity index (χ4v) is 5.19. The van der Waals surface area contributed by atoms with Crippen molar-refractivity contribution in [1.82, 2.24) is 30.3 Å². The summed E-state index contributed by atoms with van der Waals surface area (Å²) in [5.41, 5.74) is 0.851. The first kappa shape index (κ1) is 22.9. The number of rotatable bonds is 6. The highest BCUT2D eigenvalue weighted by atomic mass is 35.5. The molecule has 0 unspecified atom stereocenters. The maximum absolute atomic E-state index is 12.5. The van der Waals surface area contributed by atoms with Crippen molar-refractivity contribution in [1.29, 1.82) is 0 Å². The lowest BCUT2D eigenvalue weighted by Crippen LogP contribution is -2.51. The van der Waals surface area contributed by atoms with Crippen LogP contribution in [0.3, 0.4) is 0 Å². The van der Waals surface area contributed by atoms with E-state index < -0.39 is 0 Å². The number of carbonyl (C=O) groups is 2. The van der Waals surface area contributed by atoms with Gasteiger partial charge in [0.1, 0.15) is 6.33 Å². The van der Waals surface area contributed by atoms with Crippen LogP contribution in [0, 0.1) is 0 Å². The molecular formula is C22H29ClN6O2S. The average molecular weight is 477 g/mol. The van der Waals surface area contributed by atoms with Crippen LogP contribution in [0.5, 0.6) is 0 Å². The summed E-state index contributed by atoms with van der Waals surface area (Å²) in [6, 6.07) is 7.86. The van der Waals surface area contributed by atoms with E-state index in [0.717, 1.165) is 31.4 Å². The smallest absolute Gasteiger partial charge is 0.317 e. The maximum atomic E-state index is 12.5. The molecule has 2 fully saturated rings. The van der Waals surface area contributed by atoms with Crippen LogP contribution in [0.15, 0.2) is 35.7 Å². The Balaban J connectivity index is 1.20. The third-order valence-electron chi connectivity index (χ3n) is 6.02. The van der Waals surface area contributed by atoms with E-state index in [0.29, 0.717) is 29.3 Å². The Morgan fingerprint density at radius 1 is 1.06 bits per heavy atom. The van der Waals surface area contributed by atoms with Crippen LogP contribution >= 0.6 is 23.4 Å². The number of nitrogens with zero attached hydrogens (tertiary/aromatic N) is 4. The van der Waals surface area contributed by atoms with Crippen LogP contribution in [0.2, 0.25) is 5.02 Å². The first-order valence-electron chi connectivity index (χ1n) is 11.2. The Hall–Kier alpha value is -2.26. The summed E-state index contributed by atoms with van der Waals surface area (Å²) in [5, 5.41) is 15.6. The predicted molar refractivity (Wildman–Crippen MR) is 125 cm³/mol. The quantitative estimate of drug-likeness (QED) is 0.621. The third kappa shape index (κ3) is 6.16. The number of aromatic nitrogens is 3. The summed E-state index contributed by atoms with van der Waals surface area (Å²) in [6.45, 7) is 1.33. The molecular weight excluding hydrogens is 448 g/mol. The molecule has 2 aromatic rings. The van der Waals surface area contributed by atoms with E-state index in [4.69, 9.17) is 11.6 Å². The van der Waals surface area contributed by atoms with Gasteiger partial charge in [-0.1, -0.05) is 48.7 Å². The summed E-state index contributed by atoms with van der Waals surface area (Å²) in [5.74, 6) is 0.211. The Morgan fingerprint density at radius 3 is 2.56 bits per heavy atom. The normalized spacial score (nSPS) is 17.8. The maximum Gasteiger partial charge on any atom is 0.317 e. The molecule has 0 bridgehead atoms. The molecule has 1 aliphatic carbocycles. The number of nitrogens with one attached hydrogen (secondary N) is 2. The topological polar surface area (TPSA) is 92.2 Å². The molecule has 2 aliphatic rings. The van der Waals surface area contributed by atoms with Crippen molar-refractivity contribution in [3.05, 3.63) is 35.6 Å². The molecule has 0 atom stereocenters. The number of piperidine rings is 1. The molecule has 8 nitrogen and oxygen atoms in total. The predicted octanol–water partition coefficient (Wildman–Crippen LogP) is 3.64. The van der Waals surface area contributed by atoms with Crippen molar-refractivity contribution >= 4 is 35.3 Å². The molecule has 3 amide bonds. The standard InChI is InChI=1S/C22H29ClN6O2S/c23-16-5-4-8-19(13-16)29-15-24-27-22(29)32-14-20(30)25-18-9-11-28(12-10-18)21(31)26-17-6-2-1-3-7-17/h4-5,8,13,15,17-18H,1-3,6-7,9-12,14H2,(H,25,30)(H,26,31). The first-order valence-corrected chi connectivity index (χ1v) is 12.6. The average Bonchev–Trinajstić information content (AvgIpc) is 3.28. The van der Waals surface area contributed by atoms with Crippen molar-refractivity contribution in [2.45, 2.75) is 62.2 Å². The minimum absolute atomic E-state index is 0.0394. The lowest BCUT2D eigenvalue weighted by Gasteiger charge is -2.34. The Labute approximate surface area is 197 Å². The van der Waals surface area contributed by atoms with Crippen LogP contribution in [-0.2, 0) is 4.79 Å². The van der Waals surface area contributed by atoms with Crippen molar-refractivity contribution in [2.24, 2.45) is 0 Å². The van der Waals surface area contributed by atoms with Gasteiger partial charge in [0.05, 0.1) is 11.4 Å². The van der Waals surface area contributed by atoms with E-state index >= 15 is 0 Å². The van der Waals surface area contributed by atoms with Crippen LogP contribution in [0.4, 0.5) is 4.79 Å². The molecule has 2 heterocycles. The Bertz CT molecular complexity index is 925. The van der Waals surface area contributed by atoms with Crippen LogP contribution in [0.25, 0.3) is 5.69 Å². The zero-order chi connectivity index (χ0) is 22.3. The number of halogens is 1. The largest absolute Gasteiger partial charge is 0.353 e. The van der Waals surface area contributed by atoms with Gasteiger partial charge < -0.3 is 15.5 Å². The van der Waals surface area contributed by atoms with Crippen LogP contribution in [-0.4, -0.2) is 62.5 Å². The molecule has 1 aromatic heterocycles. The summed E-state index contributed by atoms with van der Waals surface area (Å²) in [6.07, 6.45) is 9.00. The minimum atomic E-state index is -0.0410. The molecule has 172 valence electrons. The molecule has 10 heteroatoms. The molecule has 0 radical (unpaired) electrons. The molecule has 2 N–H and O–H groups in total. The van der Waals surface area contributed by atoms with E-state index in [1.807, 2.05) is 27.7 Å². The zero-order valence-corrected chi connectivity index (χ0v) is 19.6. The number of benzene rings is 1. The van der Waals surface area contributed by atoms with Gasteiger partial charge in [-0.2, -0.15) is 0 Å². The van der Waals surface area contributed by atoms with Crippen molar-refractivity contribution < 1.29 is 9.59 Å². The van der Waals surface area contributed by atoms with Gasteiger partial charge in [0, 0.05) is 30.2 Å². The first-order chi connectivity index (χ1) is 15.6. The summed E-state index contributed by atoms with van der Waals surface area (Å²) in [4.78, 5) is 26.9. The fourth-order valence-electron chi connectivity index (χ4n) is 4.27. The number of urea groups is 1. The number of thioether (sulfide) groups is 1. The van der Waals surface area contributed by atoms with Crippen LogP contribution in [0.1, 0.15) is 44.9 Å². The summed E-state index contributed by atoms with van der Waals surface area (Å²) >= 11 is 7.41. The summed E-state index contributed by atoms with van der Waals surface area (Å²) in [7, 11) is 0. The molecule has 4 rings (SSSR count). The van der Waals surface area contributed by atoms with Crippen molar-refractivity contribution in [2.75, 3.05) is 18.8 Å². The van der Waals surface area contributed by atoms with Crippen molar-refractivity contribution in [3.63, 3.8) is 0 Å². The number of hydrogen-bond acceptors (Lipinski definition) is 5. The lowest BCUT2D eigenvalue weighted by atomic mass is 9.95. The molecule has 1 saturated carbocycles. The van der Waals surface area contributed by atoms with Gasteiger partial charge in [-0.15, -0.1) is 10.2 Å². The number of hydrogen-bond donors (Lipinski definition) is 2. The molecule has 32 heavy (non-hydrogen) atoms. The second kappa shape index (κ2) is 11.0. The fraction of sp³-hybridized carbons (Fsp3) is 0.545. The monoisotopic (exact) mass is 476 g/mol. The zero-order valence-electron chi connectivity index (χ0n) is 18.0. The van der Waals surface area contributed by atoms with Gasteiger partial charge in [0.15, 0.2) is 5.16 Å². The molecule has 1 aromatic carbocycles. The highest BCUT2D eigenvalue weighted by Crippen LogP contribution is 2.22. The third-order valence-corrected chi connectivity index (χ3v) is 7.19. The van der Waals surface area contributed by atoms with E-state index in [9.17, 15) is 9.59 Å². The van der Waals surface area contributed by atoms with E-state index in [2.05, 4.69) is 20.8 Å². The second-order valence-corrected chi connectivity index (χ2v) is 9.74. The summed E-state index contributed by atoms with van der Waals surface area (Å²) < 4.78 is 1.81. The van der Waals surface area contributed by atoms with E-state index in [1.165, 1.54) is 31.0 Å². The van der Waals surface area contributed by atoms with Gasteiger partial charge in [0.2, 0.25) is 5.91 Å². The van der Waals surface area contributed by atoms with Crippen molar-refractivity contribution in [3.8, 4) is 5.69 Å². The SMILES string of the molecule is O=C(CSc1nncn1-c1cccc(Cl)c1)NC1CCN(C(=O)NC2CCCCC2)CC1. The lowest BCUT2D eigenvalue weighted by molar-refractivity contribution is -0.119. The molecule has 0 spiro atoms. The van der Waals surface area contributed by atoms with E-state index in [1.54, 1.807) is 12.4 Å². The van der Waals surface area contributed by atoms with Crippen LogP contribution < -0.4 is 10.6 Å². The number of likely N-dealkylation sites (tertiary alicyclic amines) is 1. The highest BCUT2D eigenvalue weighted by Gasteiger charge is 2.26. The van der Waals surface area contributed by atoms with E-state index in [-0.39, 0.29) is 23.7 Å². The number of carbonyl (C=O) groups excluding carboxylic acids is 2. The Morgan fingerprint density at radius 2 is 1.81 bits per heavy atom. The second-order valence-electron chi connectivity index (χ2n) is 8.37. The Kier molecular flexibility index (Phi) is 7.91. The van der Waals surface area contributed by atoms with Gasteiger partial charge in [-0.3, -0.25) is 9.36 Å². The highest BCUT2D eigenvalue weighted by molar-refractivity contribution is 7.99. The number of amides is 3. The minimum Gasteiger partial charge on any atom is -0.353 e. The van der Waals surface area contributed by atoms with Gasteiger partial charge in [0.25, 0.3) is 0 Å². The van der Waals surface area contributed by atoms with Gasteiger partial charge in [-0.05, 0) is 43.9 Å². The van der Waals surface area contributed by atoms with Gasteiger partial charge >= 0.3 is 6.03 Å². The molecule has 1 aliphatic heterocycles. The van der Waals surface area contributed by atoms with Gasteiger partial charge in [-0.25, -0.2) is 4.79 Å². The molecule has 1 saturated heterocycles.